The number of aliphatic hydroxyl groups excluding tert-OH is 1. The van der Waals surface area contributed by atoms with Crippen LogP contribution in [-0.2, 0) is 0 Å². The molecular weight excluding hydrogens is 97.1 g/mol. The summed E-state index contributed by atoms with van der Waals surface area (Å²) < 4.78 is 0. The molecule has 1 nitrogen and oxygen atoms in total. The van der Waals surface area contributed by atoms with Gasteiger partial charge in [0.15, 0.2) is 0 Å². The summed E-state index contributed by atoms with van der Waals surface area (Å²) in [7, 11) is 9.02. The van der Waals surface area contributed by atoms with E-state index in [4.69, 9.17) is 16.7 Å². The Morgan fingerprint density at radius 2 is 1.50 bits per heavy atom. The quantitative estimate of drug-likeness (QED) is 0.321. The van der Waals surface area contributed by atoms with Gasteiger partial charge < -0.3 is 5.11 Å². The van der Waals surface area contributed by atoms with Crippen LogP contribution in [0.2, 0.25) is 0 Å². The van der Waals surface area contributed by atoms with Gasteiger partial charge in [-0.05, 0) is 5.78 Å². The molecule has 0 aromatic carbocycles. The summed E-state index contributed by atoms with van der Waals surface area (Å²) in [6.07, 6.45) is 0. The summed E-state index contributed by atoms with van der Waals surface area (Å²) in [6, 6.07) is 0. The second-order valence-electron chi connectivity index (χ2n) is 0.337. The van der Waals surface area contributed by atoms with E-state index in [0.717, 1.165) is 0 Å². The maximum Gasteiger partial charge on any atom is 0.103 e. The summed E-state index contributed by atoms with van der Waals surface area (Å²) in [5.41, 5.74) is 0. The maximum atomic E-state index is 7.35. The Morgan fingerprint density at radius 3 is 1.50 bits per heavy atom. The minimum atomic E-state index is -0.250. The van der Waals surface area contributed by atoms with Crippen LogP contribution in [0.4, 0.5) is 0 Å². The summed E-state index contributed by atoms with van der Waals surface area (Å²) in [4.78, 5) is 0. The Morgan fingerprint density at radius 1 is 1.50 bits per heavy atom. The lowest BCUT2D eigenvalue weighted by Gasteiger charge is -1.52. The molecule has 4 heteroatoms. The van der Waals surface area contributed by atoms with Gasteiger partial charge in [0.2, 0.25) is 0 Å². The Hall–Kier alpha value is 0.380. The normalized spacial score (nSPS) is 5.67. The average Bonchev–Trinajstić information content (AvgIpc) is 1.39. The molecule has 0 fully saturated rings. The van der Waals surface area contributed by atoms with Gasteiger partial charge in [-0.1, -0.05) is 0 Å². The smallest absolute Gasteiger partial charge is 0.103 e. The first-order valence-electron chi connectivity index (χ1n) is 1.40. The van der Waals surface area contributed by atoms with Gasteiger partial charge in [0, 0.05) is 6.51 Å². The molecule has 0 aliphatic rings. The third-order valence-electron chi connectivity index (χ3n) is 0. The van der Waals surface area contributed by atoms with Crippen LogP contribution in [0.25, 0.3) is 0 Å². The maximum absolute atomic E-state index is 7.35. The molecule has 4 radical (unpaired) electrons. The summed E-state index contributed by atoms with van der Waals surface area (Å²) >= 11 is 4.78. The van der Waals surface area contributed by atoms with E-state index >= 15 is 0 Å². The van der Waals surface area contributed by atoms with Crippen molar-refractivity contribution in [2.75, 3.05) is 12.3 Å². The molecule has 0 saturated heterocycles. The summed E-state index contributed by atoms with van der Waals surface area (Å²) in [6.45, 7) is -0.250. The predicted octanol–water partition coefficient (Wildman–Crippen LogP) is -0.544. The number of hydrogen-bond acceptors (Lipinski definition) is 1. The molecule has 0 aromatic rings. The van der Waals surface area contributed by atoms with Crippen LogP contribution in [0.1, 0.15) is 0 Å². The third-order valence-corrected chi connectivity index (χ3v) is 0. The highest BCUT2D eigenvalue weighted by Crippen LogP contribution is 1.52. The monoisotopic (exact) mass is 102 g/mol. The molecule has 0 spiro atoms. The van der Waals surface area contributed by atoms with Crippen molar-refractivity contribution in [3.05, 3.63) is 0 Å². The predicted molar refractivity (Wildman–Crippen MR) is 29.3 cm³/mol. The molecule has 0 atom stereocenters. The third kappa shape index (κ3) is 347. The zero-order chi connectivity index (χ0) is 5.41. The molecule has 32 valence electrons. The van der Waals surface area contributed by atoms with E-state index in [2.05, 4.69) is 15.7 Å². The fourth-order valence-electron chi connectivity index (χ4n) is 0. The number of alkyl halides is 1. The van der Waals surface area contributed by atoms with E-state index < -0.39 is 0 Å². The second kappa shape index (κ2) is 18.2. The minimum absolute atomic E-state index is 0.222. The number of halogens is 1. The molecule has 0 rings (SSSR count). The Labute approximate surface area is 45.5 Å². The van der Waals surface area contributed by atoms with Crippen molar-refractivity contribution in [3.8, 4) is 0 Å². The highest BCUT2D eigenvalue weighted by atomic mass is 35.5. The summed E-state index contributed by atoms with van der Waals surface area (Å²) in [5.74, 6) is 0.222. The fraction of sp³-hybridized carbons (Fsp3) is 1.00. The Balaban J connectivity index is 0. The molecule has 0 amide bonds. The van der Waals surface area contributed by atoms with Gasteiger partial charge in [0.25, 0.3) is 0 Å². The van der Waals surface area contributed by atoms with Gasteiger partial charge in [0.05, 0.1) is 7.85 Å². The van der Waals surface area contributed by atoms with E-state index in [0.29, 0.717) is 0 Å². The molecule has 6 heavy (non-hydrogen) atoms. The fourth-order valence-corrected chi connectivity index (χ4v) is 0. The first-order valence-corrected chi connectivity index (χ1v) is 1.93. The number of aliphatic hydroxyl groups is 1. The lowest BCUT2D eigenvalue weighted by molar-refractivity contribution is 0.369. The molecule has 1 N–H and O–H groups in total. The van der Waals surface area contributed by atoms with Crippen molar-refractivity contribution in [2.45, 2.75) is 0 Å². The van der Waals surface area contributed by atoms with E-state index in [-0.39, 0.29) is 12.3 Å². The topological polar surface area (TPSA) is 20.2 Å². The van der Waals surface area contributed by atoms with Crippen LogP contribution in [0.3, 0.4) is 0 Å². The van der Waals surface area contributed by atoms with E-state index in [1.807, 2.05) is 0 Å². The lowest BCUT2D eigenvalue weighted by atomic mass is 10.2. The molecular formula is C2H5B2ClO. The Bertz CT molecular complexity index is 13.5. The standard InChI is InChI=1S/CH2BCl.CH3BO/c2*2-1-3/h1H2;3H,1H2. The Kier molecular flexibility index (Phi) is 29.2. The zero-order valence-corrected chi connectivity index (χ0v) is 4.15. The van der Waals surface area contributed by atoms with E-state index in [9.17, 15) is 0 Å². The molecule has 0 bridgehead atoms. The van der Waals surface area contributed by atoms with Gasteiger partial charge in [-0.15, -0.1) is 11.6 Å². The largest absolute Gasteiger partial charge is 0.406 e. The molecule has 0 unspecified atom stereocenters. The van der Waals surface area contributed by atoms with Crippen molar-refractivity contribution in [1.29, 1.82) is 0 Å². The molecule has 0 aromatic heterocycles. The van der Waals surface area contributed by atoms with E-state index in [1.165, 1.54) is 0 Å². The van der Waals surface area contributed by atoms with Gasteiger partial charge in [-0.2, -0.15) is 0 Å². The van der Waals surface area contributed by atoms with Crippen LogP contribution in [0, 0.1) is 0 Å². The van der Waals surface area contributed by atoms with Crippen LogP contribution in [0.15, 0.2) is 0 Å². The van der Waals surface area contributed by atoms with Gasteiger partial charge in [0.1, 0.15) is 7.85 Å². The SMILES string of the molecule is [B]CCl.[B]CO. The highest BCUT2D eigenvalue weighted by molar-refractivity contribution is 6.36. The molecule has 0 heterocycles. The highest BCUT2D eigenvalue weighted by Gasteiger charge is 1.40. The zero-order valence-electron chi connectivity index (χ0n) is 3.39. The van der Waals surface area contributed by atoms with Crippen molar-refractivity contribution < 1.29 is 5.11 Å². The van der Waals surface area contributed by atoms with Crippen LogP contribution < -0.4 is 0 Å². The van der Waals surface area contributed by atoms with Crippen LogP contribution >= 0.6 is 11.6 Å². The second-order valence-corrected chi connectivity index (χ2v) is 0.645. The number of rotatable bonds is 0. The minimum Gasteiger partial charge on any atom is -0.406 e. The van der Waals surface area contributed by atoms with Crippen LogP contribution in [-0.4, -0.2) is 33.1 Å². The van der Waals surface area contributed by atoms with Gasteiger partial charge >= 0.3 is 0 Å². The lowest BCUT2D eigenvalue weighted by Crippen LogP contribution is -1.69. The first kappa shape index (κ1) is 9.63. The average molecular weight is 102 g/mol. The molecule has 0 saturated carbocycles. The molecule has 0 aliphatic heterocycles. The van der Waals surface area contributed by atoms with Crippen molar-refractivity contribution in [1.82, 2.24) is 0 Å². The van der Waals surface area contributed by atoms with Crippen LogP contribution in [0.5, 0.6) is 0 Å². The van der Waals surface area contributed by atoms with Gasteiger partial charge in [-0.25, -0.2) is 0 Å². The molecule has 0 aliphatic carbocycles. The van der Waals surface area contributed by atoms with Crippen molar-refractivity contribution in [2.24, 2.45) is 0 Å². The van der Waals surface area contributed by atoms with E-state index in [1.54, 1.807) is 0 Å². The van der Waals surface area contributed by atoms with Crippen molar-refractivity contribution in [3.63, 3.8) is 0 Å². The van der Waals surface area contributed by atoms with Crippen molar-refractivity contribution >= 4 is 27.3 Å². The number of hydrogen-bond donors (Lipinski definition) is 1. The van der Waals surface area contributed by atoms with Gasteiger partial charge in [-0.3, -0.25) is 0 Å². The summed E-state index contributed by atoms with van der Waals surface area (Å²) in [5, 5.41) is 7.35. The first-order chi connectivity index (χ1) is 2.83.